The number of rotatable bonds is 7. The third-order valence-corrected chi connectivity index (χ3v) is 4.97. The van der Waals surface area contributed by atoms with Crippen molar-refractivity contribution in [3.05, 3.63) is 30.1 Å². The van der Waals surface area contributed by atoms with Gasteiger partial charge < -0.3 is 14.8 Å². The third-order valence-electron chi connectivity index (χ3n) is 4.97. The molecule has 2 heterocycles. The van der Waals surface area contributed by atoms with Crippen LogP contribution in [0.3, 0.4) is 0 Å². The Labute approximate surface area is 148 Å². The van der Waals surface area contributed by atoms with E-state index in [4.69, 9.17) is 0 Å². The Balaban J connectivity index is 1.35. The van der Waals surface area contributed by atoms with Crippen molar-refractivity contribution in [1.82, 2.24) is 19.8 Å². The van der Waals surface area contributed by atoms with Crippen LogP contribution in [0.15, 0.2) is 24.3 Å². The van der Waals surface area contributed by atoms with Crippen molar-refractivity contribution >= 4 is 22.8 Å². The monoisotopic (exact) mass is 342 g/mol. The lowest BCUT2D eigenvalue weighted by molar-refractivity contribution is -0.128. The molecule has 25 heavy (non-hydrogen) atoms. The molecule has 6 heteroatoms. The first-order valence-corrected chi connectivity index (χ1v) is 8.98. The van der Waals surface area contributed by atoms with Crippen molar-refractivity contribution < 1.29 is 9.59 Å². The summed E-state index contributed by atoms with van der Waals surface area (Å²) in [5.74, 6) is 0.992. The zero-order chi connectivity index (χ0) is 17.8. The fraction of sp³-hybridized carbons (Fsp3) is 0.526. The second kappa shape index (κ2) is 7.68. The largest absolute Gasteiger partial charge is 0.356 e. The Bertz CT molecular complexity index is 768. The Morgan fingerprint density at radius 1 is 1.24 bits per heavy atom. The van der Waals surface area contributed by atoms with Gasteiger partial charge in [0.25, 0.3) is 0 Å². The molecule has 1 aliphatic heterocycles. The third kappa shape index (κ3) is 4.00. The SMILES string of the molecule is CN1CC(C(=O)NCCCCCc2nc3ccccc3n2C)CC1=O. The maximum atomic E-state index is 12.0. The smallest absolute Gasteiger partial charge is 0.225 e. The van der Waals surface area contributed by atoms with Gasteiger partial charge in [-0.25, -0.2) is 4.98 Å². The molecule has 134 valence electrons. The number of unbranched alkanes of at least 4 members (excludes halogenated alkanes) is 2. The second-order valence-electron chi connectivity index (χ2n) is 6.85. The molecule has 3 rings (SSSR count). The van der Waals surface area contributed by atoms with Gasteiger partial charge in [0, 0.05) is 40.0 Å². The highest BCUT2D eigenvalue weighted by molar-refractivity contribution is 5.89. The molecule has 0 spiro atoms. The molecule has 0 saturated carbocycles. The molecule has 1 aromatic carbocycles. The van der Waals surface area contributed by atoms with Crippen LogP contribution in [-0.2, 0) is 23.1 Å². The number of aryl methyl sites for hydroxylation is 2. The molecule has 2 aromatic rings. The molecule has 2 amide bonds. The van der Waals surface area contributed by atoms with Gasteiger partial charge in [0.2, 0.25) is 11.8 Å². The molecular weight excluding hydrogens is 316 g/mol. The van der Waals surface area contributed by atoms with E-state index >= 15 is 0 Å². The van der Waals surface area contributed by atoms with E-state index in [0.29, 0.717) is 19.5 Å². The molecular formula is C19H26N4O2. The average molecular weight is 342 g/mol. The van der Waals surface area contributed by atoms with Gasteiger partial charge >= 0.3 is 0 Å². The molecule has 1 saturated heterocycles. The van der Waals surface area contributed by atoms with E-state index in [2.05, 4.69) is 28.0 Å². The van der Waals surface area contributed by atoms with Gasteiger partial charge in [-0.2, -0.15) is 0 Å². The number of aromatic nitrogens is 2. The Morgan fingerprint density at radius 3 is 2.76 bits per heavy atom. The van der Waals surface area contributed by atoms with E-state index in [-0.39, 0.29) is 17.7 Å². The average Bonchev–Trinajstić information content (AvgIpc) is 3.11. The summed E-state index contributed by atoms with van der Waals surface area (Å²) in [6.45, 7) is 1.22. The van der Waals surface area contributed by atoms with Crippen LogP contribution in [0.4, 0.5) is 0 Å². The second-order valence-corrected chi connectivity index (χ2v) is 6.85. The lowest BCUT2D eigenvalue weighted by atomic mass is 10.1. The number of imidazole rings is 1. The Hall–Kier alpha value is -2.37. The Kier molecular flexibility index (Phi) is 5.36. The van der Waals surface area contributed by atoms with E-state index in [1.54, 1.807) is 11.9 Å². The number of nitrogens with one attached hydrogen (secondary N) is 1. The molecule has 0 bridgehead atoms. The minimum Gasteiger partial charge on any atom is -0.356 e. The number of carbonyl (C=O) groups is 2. The van der Waals surface area contributed by atoms with Crippen molar-refractivity contribution in [2.45, 2.75) is 32.1 Å². The van der Waals surface area contributed by atoms with Gasteiger partial charge in [-0.1, -0.05) is 18.6 Å². The first kappa shape index (κ1) is 17.5. The van der Waals surface area contributed by atoms with Crippen molar-refractivity contribution in [2.24, 2.45) is 13.0 Å². The van der Waals surface area contributed by atoms with E-state index in [9.17, 15) is 9.59 Å². The molecule has 1 aromatic heterocycles. The minimum absolute atomic E-state index is 0.00745. The summed E-state index contributed by atoms with van der Waals surface area (Å²) in [4.78, 5) is 29.8. The lowest BCUT2D eigenvalue weighted by Crippen LogP contribution is -2.32. The van der Waals surface area contributed by atoms with Crippen molar-refractivity contribution in [3.63, 3.8) is 0 Å². The van der Waals surface area contributed by atoms with Gasteiger partial charge in [0.05, 0.1) is 17.0 Å². The number of carbonyl (C=O) groups excluding carboxylic acids is 2. The van der Waals surface area contributed by atoms with E-state index < -0.39 is 0 Å². The molecule has 6 nitrogen and oxygen atoms in total. The molecule has 1 aliphatic rings. The minimum atomic E-state index is -0.183. The first-order chi connectivity index (χ1) is 12.1. The van der Waals surface area contributed by atoms with Crippen LogP contribution < -0.4 is 5.32 Å². The molecule has 0 radical (unpaired) electrons. The van der Waals surface area contributed by atoms with Gasteiger partial charge in [-0.3, -0.25) is 9.59 Å². The number of nitrogens with zero attached hydrogens (tertiary/aromatic N) is 3. The fourth-order valence-electron chi connectivity index (χ4n) is 3.40. The van der Waals surface area contributed by atoms with Crippen molar-refractivity contribution in [1.29, 1.82) is 0 Å². The molecule has 0 aliphatic carbocycles. The normalized spacial score (nSPS) is 17.4. The van der Waals surface area contributed by atoms with Crippen LogP contribution in [0.1, 0.15) is 31.5 Å². The van der Waals surface area contributed by atoms with Crippen LogP contribution in [0, 0.1) is 5.92 Å². The highest BCUT2D eigenvalue weighted by Crippen LogP contribution is 2.17. The van der Waals surface area contributed by atoms with Gasteiger partial charge in [0.15, 0.2) is 0 Å². The topological polar surface area (TPSA) is 67.2 Å². The summed E-state index contributed by atoms with van der Waals surface area (Å²) in [7, 11) is 3.81. The summed E-state index contributed by atoms with van der Waals surface area (Å²) in [5, 5.41) is 2.96. The number of likely N-dealkylation sites (tertiary alicyclic amines) is 1. The molecule has 1 fully saturated rings. The number of fused-ring (bicyclic) bond motifs is 1. The van der Waals surface area contributed by atoms with E-state index in [1.807, 2.05) is 18.2 Å². The molecule has 1 atom stereocenters. The predicted molar refractivity (Wildman–Crippen MR) is 97.0 cm³/mol. The zero-order valence-electron chi connectivity index (χ0n) is 15.0. The standard InChI is InChI=1S/C19H26N4O2/c1-22-13-14(12-18(22)24)19(25)20-11-7-3-4-10-17-21-15-8-5-6-9-16(15)23(17)2/h5-6,8-9,14H,3-4,7,10-13H2,1-2H3,(H,20,25). The van der Waals surface area contributed by atoms with Crippen molar-refractivity contribution in [3.8, 4) is 0 Å². The highest BCUT2D eigenvalue weighted by Gasteiger charge is 2.31. The van der Waals surface area contributed by atoms with Crippen LogP contribution in [0.2, 0.25) is 0 Å². The lowest BCUT2D eigenvalue weighted by Gasteiger charge is -2.11. The van der Waals surface area contributed by atoms with E-state index in [1.165, 1.54) is 5.52 Å². The van der Waals surface area contributed by atoms with Crippen LogP contribution >= 0.6 is 0 Å². The number of hydrogen-bond acceptors (Lipinski definition) is 3. The maximum Gasteiger partial charge on any atom is 0.225 e. The van der Waals surface area contributed by atoms with Gasteiger partial charge in [-0.05, 0) is 25.0 Å². The van der Waals surface area contributed by atoms with E-state index in [0.717, 1.165) is 37.0 Å². The fourth-order valence-corrected chi connectivity index (χ4v) is 3.40. The number of amides is 2. The summed E-state index contributed by atoms with van der Waals surface area (Å²) < 4.78 is 2.16. The predicted octanol–water partition coefficient (Wildman–Crippen LogP) is 1.88. The zero-order valence-corrected chi connectivity index (χ0v) is 15.0. The molecule has 1 unspecified atom stereocenters. The molecule has 1 N–H and O–H groups in total. The first-order valence-electron chi connectivity index (χ1n) is 8.98. The van der Waals surface area contributed by atoms with Crippen molar-refractivity contribution in [2.75, 3.05) is 20.1 Å². The summed E-state index contributed by atoms with van der Waals surface area (Å²) >= 11 is 0. The quantitative estimate of drug-likeness (QED) is 0.781. The van der Waals surface area contributed by atoms with Crippen LogP contribution in [-0.4, -0.2) is 46.4 Å². The number of hydrogen-bond donors (Lipinski definition) is 1. The number of para-hydroxylation sites is 2. The Morgan fingerprint density at radius 2 is 2.04 bits per heavy atom. The van der Waals surface area contributed by atoms with Gasteiger partial charge in [0.1, 0.15) is 5.82 Å². The highest BCUT2D eigenvalue weighted by atomic mass is 16.2. The summed E-state index contributed by atoms with van der Waals surface area (Å²) in [6, 6.07) is 8.18. The number of benzene rings is 1. The van der Waals surface area contributed by atoms with Crippen LogP contribution in [0.5, 0.6) is 0 Å². The maximum absolute atomic E-state index is 12.0. The summed E-state index contributed by atoms with van der Waals surface area (Å²) in [6.07, 6.45) is 4.34. The summed E-state index contributed by atoms with van der Waals surface area (Å²) in [5.41, 5.74) is 2.21. The van der Waals surface area contributed by atoms with Gasteiger partial charge in [-0.15, -0.1) is 0 Å². The van der Waals surface area contributed by atoms with Crippen LogP contribution in [0.25, 0.3) is 11.0 Å².